The van der Waals surface area contributed by atoms with Gasteiger partial charge in [-0.15, -0.1) is 31.4 Å². The standard InChI is InChI=1S/C12H16ClN5O7S2/c1-6-7(4-18(6,21)27(22,23)24)14-11(20)10(17-25-2)8-5-26-12(15-8)16-9(19)3-13/h5-7H,3-4H2,1-2H3,(H,14,20)(H,15,16,19)(H,22,23,24)/b17-10-/t6-,7-,18?/m0/s1. The van der Waals surface area contributed by atoms with Crippen molar-refractivity contribution in [3.05, 3.63) is 16.3 Å². The second kappa shape index (κ2) is 8.04. The number of nitrogens with one attached hydrogen (secondary N) is 2. The zero-order chi connectivity index (χ0) is 20.4. The molecule has 0 saturated carbocycles. The van der Waals surface area contributed by atoms with E-state index in [1.807, 2.05) is 0 Å². The van der Waals surface area contributed by atoms with Crippen molar-refractivity contribution in [2.75, 3.05) is 24.9 Å². The molecule has 1 unspecified atom stereocenters. The quantitative estimate of drug-likeness (QED) is 0.129. The summed E-state index contributed by atoms with van der Waals surface area (Å²) in [6.07, 6.45) is 0. The molecule has 12 nitrogen and oxygen atoms in total. The van der Waals surface area contributed by atoms with Crippen molar-refractivity contribution < 1.29 is 31.4 Å². The minimum Gasteiger partial charge on any atom is -0.615 e. The predicted molar refractivity (Wildman–Crippen MR) is 96.4 cm³/mol. The number of hydrogen-bond acceptors (Lipinski definition) is 9. The van der Waals surface area contributed by atoms with Crippen LogP contribution >= 0.6 is 22.9 Å². The van der Waals surface area contributed by atoms with Crippen LogP contribution in [0.3, 0.4) is 0 Å². The number of halogens is 1. The number of thiazole rings is 1. The highest BCUT2D eigenvalue weighted by molar-refractivity contribution is 7.80. The van der Waals surface area contributed by atoms with Crippen molar-refractivity contribution in [2.45, 2.75) is 19.0 Å². The van der Waals surface area contributed by atoms with E-state index in [-0.39, 0.29) is 22.4 Å². The Kier molecular flexibility index (Phi) is 6.39. The summed E-state index contributed by atoms with van der Waals surface area (Å²) in [7, 11) is -3.65. The lowest BCUT2D eigenvalue weighted by Crippen LogP contribution is -2.75. The molecule has 2 rings (SSSR count). The lowest BCUT2D eigenvalue weighted by atomic mass is 10.0. The summed E-state index contributed by atoms with van der Waals surface area (Å²) in [5, 5.41) is 22.1. The summed E-state index contributed by atoms with van der Waals surface area (Å²) < 4.78 is 29.5. The largest absolute Gasteiger partial charge is 0.615 e. The van der Waals surface area contributed by atoms with Crippen molar-refractivity contribution in [3.63, 3.8) is 0 Å². The zero-order valence-electron chi connectivity index (χ0n) is 14.1. The number of oxime groups is 1. The molecule has 1 fully saturated rings. The Morgan fingerprint density at radius 1 is 1.59 bits per heavy atom. The number of carbonyl (C=O) groups excluding carboxylic acids is 2. The second-order valence-corrected chi connectivity index (χ2v) is 8.16. The average molecular weight is 442 g/mol. The van der Waals surface area contributed by atoms with Gasteiger partial charge in [0.25, 0.3) is 5.91 Å². The Balaban J connectivity index is 2.11. The van der Waals surface area contributed by atoms with Gasteiger partial charge in [0.05, 0.1) is 0 Å². The number of anilines is 1. The van der Waals surface area contributed by atoms with E-state index >= 15 is 0 Å². The number of quaternary nitrogens is 1. The molecule has 0 aliphatic carbocycles. The maximum Gasteiger partial charge on any atom is 0.433 e. The van der Waals surface area contributed by atoms with E-state index in [2.05, 4.69) is 25.6 Å². The number of aromatic nitrogens is 1. The Morgan fingerprint density at radius 3 is 2.78 bits per heavy atom. The fourth-order valence-corrected chi connectivity index (χ4v) is 4.02. The lowest BCUT2D eigenvalue weighted by molar-refractivity contribution is -0.835. The topological polar surface area (TPSA) is 170 Å². The molecule has 0 radical (unpaired) electrons. The number of amides is 2. The van der Waals surface area contributed by atoms with E-state index in [1.165, 1.54) is 19.4 Å². The van der Waals surface area contributed by atoms with Gasteiger partial charge in [-0.3, -0.25) is 9.59 Å². The van der Waals surface area contributed by atoms with Crippen molar-refractivity contribution in [2.24, 2.45) is 5.16 Å². The van der Waals surface area contributed by atoms with Crippen LogP contribution in [0, 0.1) is 5.21 Å². The third-order valence-corrected chi connectivity index (χ3v) is 6.14. The first kappa shape index (κ1) is 21.5. The van der Waals surface area contributed by atoms with E-state index < -0.39 is 44.8 Å². The van der Waals surface area contributed by atoms with Crippen LogP contribution in [0.4, 0.5) is 5.13 Å². The normalized spacial score (nSPS) is 25.4. The van der Waals surface area contributed by atoms with Gasteiger partial charge < -0.3 is 20.7 Å². The maximum atomic E-state index is 12.4. The predicted octanol–water partition coefficient (Wildman–Crippen LogP) is -0.325. The van der Waals surface area contributed by atoms with Crippen LogP contribution in [0.5, 0.6) is 0 Å². The zero-order valence-corrected chi connectivity index (χ0v) is 16.5. The van der Waals surface area contributed by atoms with Crippen LogP contribution < -0.4 is 10.6 Å². The van der Waals surface area contributed by atoms with Gasteiger partial charge in [-0.2, -0.15) is 0 Å². The molecular weight excluding hydrogens is 426 g/mol. The minimum absolute atomic E-state index is 0.0915. The van der Waals surface area contributed by atoms with Crippen molar-refractivity contribution in [1.29, 1.82) is 0 Å². The van der Waals surface area contributed by atoms with E-state index in [4.69, 9.17) is 16.2 Å². The van der Waals surface area contributed by atoms with Crippen LogP contribution in [0.2, 0.25) is 0 Å². The average Bonchev–Trinajstić information content (AvgIpc) is 3.05. The van der Waals surface area contributed by atoms with Gasteiger partial charge in [-0.05, 0) is 6.92 Å². The van der Waals surface area contributed by atoms with E-state index in [0.717, 1.165) is 11.3 Å². The van der Waals surface area contributed by atoms with Gasteiger partial charge in [0, 0.05) is 5.38 Å². The third kappa shape index (κ3) is 4.36. The van der Waals surface area contributed by atoms with Crippen molar-refractivity contribution in [3.8, 4) is 0 Å². The van der Waals surface area contributed by atoms with Gasteiger partial charge in [-0.25, -0.2) is 13.6 Å². The molecule has 27 heavy (non-hydrogen) atoms. The third-order valence-electron chi connectivity index (χ3n) is 3.87. The smallest absolute Gasteiger partial charge is 0.433 e. The summed E-state index contributed by atoms with van der Waals surface area (Å²) in [5.41, 5.74) is -0.149. The fraction of sp³-hybridized carbons (Fsp3) is 0.500. The Hall–Kier alpha value is -1.84. The molecule has 1 aliphatic rings. The summed E-state index contributed by atoms with van der Waals surface area (Å²) in [5.74, 6) is -1.52. The molecule has 1 aliphatic heterocycles. The van der Waals surface area contributed by atoms with Crippen LogP contribution in [-0.2, 0) is 24.7 Å². The first-order valence-electron chi connectivity index (χ1n) is 7.33. The molecule has 3 N–H and O–H groups in total. The molecule has 2 heterocycles. The summed E-state index contributed by atoms with van der Waals surface area (Å²) in [6, 6.07) is -1.94. The minimum atomic E-state index is -4.86. The van der Waals surface area contributed by atoms with Gasteiger partial charge in [-0.1, -0.05) is 5.16 Å². The molecular formula is C12H16ClN5O7S2. The summed E-state index contributed by atoms with van der Waals surface area (Å²) >= 11 is 6.41. The SMILES string of the molecule is CO/N=C(\C(=O)N[C@H]1C[N+]([O-])(S(=O)(=O)O)[C@H]1C)c1csc(NC(=O)CCl)n1. The maximum absolute atomic E-state index is 12.4. The van der Waals surface area contributed by atoms with Gasteiger partial charge in [0.2, 0.25) is 5.91 Å². The lowest BCUT2D eigenvalue weighted by Gasteiger charge is -2.54. The molecule has 0 spiro atoms. The van der Waals surface area contributed by atoms with Crippen LogP contribution in [0.1, 0.15) is 12.6 Å². The Bertz CT molecular complexity index is 873. The van der Waals surface area contributed by atoms with Crippen LogP contribution in [0.25, 0.3) is 0 Å². The Morgan fingerprint density at radius 2 is 2.26 bits per heavy atom. The highest BCUT2D eigenvalue weighted by Gasteiger charge is 2.54. The molecule has 1 aromatic rings. The molecule has 150 valence electrons. The van der Waals surface area contributed by atoms with Crippen molar-refractivity contribution in [1.82, 2.24) is 10.3 Å². The molecule has 3 atom stereocenters. The summed E-state index contributed by atoms with van der Waals surface area (Å²) in [4.78, 5) is 32.4. The molecule has 1 saturated heterocycles. The molecule has 0 bridgehead atoms. The first-order valence-corrected chi connectivity index (χ1v) is 10.1. The second-order valence-electron chi connectivity index (χ2n) is 5.52. The number of alkyl halides is 1. The van der Waals surface area contributed by atoms with E-state index in [1.54, 1.807) is 0 Å². The number of nitrogens with zero attached hydrogens (tertiary/aromatic N) is 3. The van der Waals surface area contributed by atoms with Crippen LogP contribution in [-0.4, -0.2) is 71.2 Å². The molecule has 1 aromatic heterocycles. The fourth-order valence-electron chi connectivity index (χ4n) is 2.32. The highest BCUT2D eigenvalue weighted by Crippen LogP contribution is 2.31. The van der Waals surface area contributed by atoms with E-state index in [0.29, 0.717) is 0 Å². The first-order chi connectivity index (χ1) is 12.5. The number of hydroxylamine groups is 2. The van der Waals surface area contributed by atoms with Gasteiger partial charge >= 0.3 is 10.3 Å². The number of rotatable bonds is 7. The Labute approximate surface area is 163 Å². The number of carbonyl (C=O) groups is 2. The monoisotopic (exact) mass is 441 g/mol. The van der Waals surface area contributed by atoms with Crippen molar-refractivity contribution >= 4 is 55.9 Å². The van der Waals surface area contributed by atoms with E-state index in [9.17, 15) is 23.2 Å². The molecule has 2 amide bonds. The molecule has 15 heteroatoms. The highest BCUT2D eigenvalue weighted by atomic mass is 35.5. The summed E-state index contributed by atoms with van der Waals surface area (Å²) in [6.45, 7) is 0.727. The van der Waals surface area contributed by atoms with Gasteiger partial charge in [0.15, 0.2) is 10.8 Å². The van der Waals surface area contributed by atoms with Crippen LogP contribution in [0.15, 0.2) is 10.5 Å². The van der Waals surface area contributed by atoms with Gasteiger partial charge in [0.1, 0.15) is 37.3 Å². The molecule has 0 aromatic carbocycles. The number of hydrogen-bond donors (Lipinski definition) is 3.